The highest BCUT2D eigenvalue weighted by Gasteiger charge is 2.34. The molecule has 1 N–H and O–H groups in total. The van der Waals surface area contributed by atoms with Crippen LogP contribution in [0.4, 0.5) is 0 Å². The van der Waals surface area contributed by atoms with Gasteiger partial charge in [-0.3, -0.25) is 0 Å². The quantitative estimate of drug-likeness (QED) is 0.761. The van der Waals surface area contributed by atoms with Crippen LogP contribution in [-0.4, -0.2) is 49.5 Å². The smallest absolute Gasteiger partial charge is 0.0679 e. The number of likely N-dealkylation sites (tertiary alicyclic amines) is 1. The summed E-state index contributed by atoms with van der Waals surface area (Å²) in [7, 11) is 1.78. The fourth-order valence-corrected chi connectivity index (χ4v) is 3.39. The van der Waals surface area contributed by atoms with E-state index in [2.05, 4.69) is 32.6 Å². The van der Waals surface area contributed by atoms with Gasteiger partial charge in [0.15, 0.2) is 0 Å². The Kier molecular flexibility index (Phi) is 5.63. The van der Waals surface area contributed by atoms with Gasteiger partial charge in [0, 0.05) is 26.7 Å². The summed E-state index contributed by atoms with van der Waals surface area (Å²) in [5.41, 5.74) is 0.532. The van der Waals surface area contributed by atoms with Gasteiger partial charge in [-0.25, -0.2) is 0 Å². The fraction of sp³-hybridized carbons (Fsp3) is 1.00. The molecule has 0 spiro atoms. The van der Waals surface area contributed by atoms with Crippen LogP contribution >= 0.6 is 0 Å². The Balaban J connectivity index is 2.56. The van der Waals surface area contributed by atoms with Crippen LogP contribution < -0.4 is 0 Å². The molecule has 1 aliphatic heterocycles. The molecule has 3 heteroatoms. The minimum Gasteiger partial charge on any atom is -0.392 e. The van der Waals surface area contributed by atoms with E-state index < -0.39 is 0 Å². The van der Waals surface area contributed by atoms with Crippen molar-refractivity contribution in [1.82, 2.24) is 4.90 Å². The van der Waals surface area contributed by atoms with Crippen LogP contribution in [0.5, 0.6) is 0 Å². The molecule has 0 bridgehead atoms. The van der Waals surface area contributed by atoms with Crippen molar-refractivity contribution in [3.05, 3.63) is 0 Å². The molecule has 0 aromatic carbocycles. The molecule has 0 amide bonds. The highest BCUT2D eigenvalue weighted by Crippen LogP contribution is 2.37. The molecule has 1 heterocycles. The van der Waals surface area contributed by atoms with Gasteiger partial charge in [0.05, 0.1) is 12.7 Å². The Hall–Kier alpha value is -0.120. The first-order chi connectivity index (χ1) is 8.30. The van der Waals surface area contributed by atoms with Gasteiger partial charge in [0.2, 0.25) is 0 Å². The summed E-state index contributed by atoms with van der Waals surface area (Å²) in [4.78, 5) is 2.41. The summed E-state index contributed by atoms with van der Waals surface area (Å²) in [6.45, 7) is 13.0. The largest absolute Gasteiger partial charge is 0.392 e. The van der Waals surface area contributed by atoms with Crippen molar-refractivity contribution in [2.45, 2.75) is 53.1 Å². The number of hydrogen-bond acceptors (Lipinski definition) is 3. The molecular weight excluding hydrogens is 226 g/mol. The van der Waals surface area contributed by atoms with Gasteiger partial charge in [0.1, 0.15) is 0 Å². The molecule has 108 valence electrons. The lowest BCUT2D eigenvalue weighted by Gasteiger charge is -2.39. The molecule has 3 nitrogen and oxygen atoms in total. The Morgan fingerprint density at radius 2 is 2.00 bits per heavy atom. The van der Waals surface area contributed by atoms with E-state index in [1.165, 1.54) is 6.42 Å². The highest BCUT2D eigenvalue weighted by molar-refractivity contribution is 4.86. The summed E-state index contributed by atoms with van der Waals surface area (Å²) in [6.07, 6.45) is 3.16. The zero-order valence-corrected chi connectivity index (χ0v) is 12.8. The summed E-state index contributed by atoms with van der Waals surface area (Å²) in [6, 6.07) is 0. The summed E-state index contributed by atoms with van der Waals surface area (Å²) < 4.78 is 5.33. The molecule has 1 fully saturated rings. The van der Waals surface area contributed by atoms with Gasteiger partial charge in [-0.15, -0.1) is 0 Å². The van der Waals surface area contributed by atoms with E-state index in [1.807, 2.05) is 0 Å². The van der Waals surface area contributed by atoms with Crippen molar-refractivity contribution < 1.29 is 9.84 Å². The summed E-state index contributed by atoms with van der Waals surface area (Å²) in [5, 5.41) is 9.62. The van der Waals surface area contributed by atoms with E-state index in [0.29, 0.717) is 5.41 Å². The lowest BCUT2D eigenvalue weighted by Crippen LogP contribution is -2.38. The maximum Gasteiger partial charge on any atom is 0.0679 e. The third-order valence-electron chi connectivity index (χ3n) is 4.15. The topological polar surface area (TPSA) is 32.7 Å². The minimum atomic E-state index is -0.113. The third kappa shape index (κ3) is 4.87. The first-order valence-corrected chi connectivity index (χ1v) is 7.20. The molecule has 0 radical (unpaired) electrons. The predicted molar refractivity (Wildman–Crippen MR) is 75.7 cm³/mol. The van der Waals surface area contributed by atoms with Crippen molar-refractivity contribution >= 4 is 0 Å². The van der Waals surface area contributed by atoms with Crippen LogP contribution in [0, 0.1) is 10.8 Å². The number of hydrogen-bond donors (Lipinski definition) is 1. The van der Waals surface area contributed by atoms with Crippen LogP contribution in [0.3, 0.4) is 0 Å². The second kappa shape index (κ2) is 6.36. The molecule has 0 aromatic rings. The average molecular weight is 257 g/mol. The van der Waals surface area contributed by atoms with Crippen LogP contribution in [0.15, 0.2) is 0 Å². The van der Waals surface area contributed by atoms with Crippen molar-refractivity contribution in [3.63, 3.8) is 0 Å². The first-order valence-electron chi connectivity index (χ1n) is 7.20. The van der Waals surface area contributed by atoms with Gasteiger partial charge in [-0.2, -0.15) is 0 Å². The van der Waals surface area contributed by atoms with Gasteiger partial charge >= 0.3 is 0 Å². The summed E-state index contributed by atoms with van der Waals surface area (Å²) >= 11 is 0. The van der Waals surface area contributed by atoms with Gasteiger partial charge in [0.25, 0.3) is 0 Å². The van der Waals surface area contributed by atoms with Crippen molar-refractivity contribution in [2.75, 3.05) is 33.4 Å². The predicted octanol–water partition coefficient (Wildman–Crippen LogP) is 2.53. The van der Waals surface area contributed by atoms with E-state index in [9.17, 15) is 5.11 Å². The Bertz CT molecular complexity index is 255. The van der Waals surface area contributed by atoms with Crippen molar-refractivity contribution in [1.29, 1.82) is 0 Å². The first kappa shape index (κ1) is 15.9. The SMILES string of the molecule is CCC(C)(CN1CCC(O)C1)CC(C)(C)COC. The zero-order valence-electron chi connectivity index (χ0n) is 12.8. The second-order valence-electron chi connectivity index (χ2n) is 7.12. The Morgan fingerprint density at radius 3 is 2.44 bits per heavy atom. The Labute approximate surface area is 113 Å². The van der Waals surface area contributed by atoms with Crippen LogP contribution in [0.2, 0.25) is 0 Å². The Morgan fingerprint density at radius 1 is 1.33 bits per heavy atom. The van der Waals surface area contributed by atoms with E-state index in [0.717, 1.165) is 39.1 Å². The second-order valence-corrected chi connectivity index (χ2v) is 7.12. The van der Waals surface area contributed by atoms with Gasteiger partial charge in [-0.05, 0) is 30.1 Å². The normalized spacial score (nSPS) is 25.3. The molecule has 0 saturated carbocycles. The number of nitrogens with zero attached hydrogens (tertiary/aromatic N) is 1. The number of rotatable bonds is 7. The maximum absolute atomic E-state index is 9.62. The molecule has 1 saturated heterocycles. The standard InChI is InChI=1S/C15H31NO2/c1-6-15(4,10-14(2,3)12-18-5)11-16-8-7-13(17)9-16/h13,17H,6-12H2,1-5H3. The van der Waals surface area contributed by atoms with Crippen molar-refractivity contribution in [2.24, 2.45) is 10.8 Å². The van der Waals surface area contributed by atoms with Crippen molar-refractivity contribution in [3.8, 4) is 0 Å². The monoisotopic (exact) mass is 257 g/mol. The fourth-order valence-electron chi connectivity index (χ4n) is 3.39. The molecule has 2 unspecified atom stereocenters. The molecule has 1 rings (SSSR count). The molecule has 0 aliphatic carbocycles. The molecule has 18 heavy (non-hydrogen) atoms. The highest BCUT2D eigenvalue weighted by atomic mass is 16.5. The van der Waals surface area contributed by atoms with Gasteiger partial charge in [-0.1, -0.05) is 27.7 Å². The maximum atomic E-state index is 9.62. The molecular formula is C15H31NO2. The molecule has 0 aromatic heterocycles. The zero-order chi connectivity index (χ0) is 13.8. The van der Waals surface area contributed by atoms with Crippen LogP contribution in [-0.2, 0) is 4.74 Å². The number of ether oxygens (including phenoxy) is 1. The number of β-amino-alcohol motifs (C(OH)–C–C–N with tert-alkyl or cyclic N) is 1. The minimum absolute atomic E-state index is 0.113. The van der Waals surface area contributed by atoms with Crippen LogP contribution in [0.1, 0.15) is 47.0 Å². The third-order valence-corrected chi connectivity index (χ3v) is 4.15. The molecule has 2 atom stereocenters. The number of methoxy groups -OCH3 is 1. The average Bonchev–Trinajstić information content (AvgIpc) is 2.62. The van der Waals surface area contributed by atoms with E-state index in [1.54, 1.807) is 7.11 Å². The number of aliphatic hydroxyl groups excluding tert-OH is 1. The van der Waals surface area contributed by atoms with Crippen LogP contribution in [0.25, 0.3) is 0 Å². The number of aliphatic hydroxyl groups is 1. The summed E-state index contributed by atoms with van der Waals surface area (Å²) in [5.74, 6) is 0. The van der Waals surface area contributed by atoms with E-state index in [-0.39, 0.29) is 11.5 Å². The lowest BCUT2D eigenvalue weighted by molar-refractivity contribution is 0.0454. The lowest BCUT2D eigenvalue weighted by atomic mass is 9.72. The van der Waals surface area contributed by atoms with Gasteiger partial charge < -0.3 is 14.7 Å². The van der Waals surface area contributed by atoms with E-state index >= 15 is 0 Å². The van der Waals surface area contributed by atoms with E-state index in [4.69, 9.17) is 4.74 Å². The molecule has 1 aliphatic rings.